The molecular weight excluding hydrogens is 457 g/mol. The number of esters is 1. The van der Waals surface area contributed by atoms with E-state index in [1.54, 1.807) is 17.0 Å². The largest absolute Gasteiger partial charge is 0.493 e. The number of thiazole rings is 1. The van der Waals surface area contributed by atoms with E-state index in [1.807, 2.05) is 36.6 Å². The summed E-state index contributed by atoms with van der Waals surface area (Å²) in [5.74, 6) is -0.243. The van der Waals surface area contributed by atoms with Crippen LogP contribution < -0.4 is 9.64 Å². The van der Waals surface area contributed by atoms with Crippen molar-refractivity contribution in [1.29, 1.82) is 0 Å². The topological polar surface area (TPSA) is 72.0 Å². The van der Waals surface area contributed by atoms with Crippen molar-refractivity contribution >= 4 is 28.9 Å². The highest BCUT2D eigenvalue weighted by atomic mass is 32.1. The molecule has 178 valence electrons. The van der Waals surface area contributed by atoms with Crippen LogP contribution in [0, 0.1) is 5.82 Å². The van der Waals surface area contributed by atoms with Crippen molar-refractivity contribution in [3.8, 4) is 16.3 Å². The second kappa shape index (κ2) is 11.1. The van der Waals surface area contributed by atoms with Gasteiger partial charge in [-0.3, -0.25) is 9.59 Å². The molecule has 0 bridgehead atoms. The molecule has 34 heavy (non-hydrogen) atoms. The summed E-state index contributed by atoms with van der Waals surface area (Å²) in [6.07, 6.45) is -0.00107. The van der Waals surface area contributed by atoms with Crippen LogP contribution in [0.1, 0.15) is 12.6 Å². The van der Waals surface area contributed by atoms with Crippen LogP contribution in [0.4, 0.5) is 10.1 Å². The van der Waals surface area contributed by atoms with Crippen LogP contribution in [-0.4, -0.2) is 61.2 Å². The van der Waals surface area contributed by atoms with Gasteiger partial charge in [-0.1, -0.05) is 12.1 Å². The summed E-state index contributed by atoms with van der Waals surface area (Å²) < 4.78 is 24.0. The monoisotopic (exact) mass is 483 g/mol. The number of hydrogen-bond donors (Lipinski definition) is 0. The highest BCUT2D eigenvalue weighted by Gasteiger charge is 2.22. The minimum absolute atomic E-state index is 0.00107. The molecule has 0 atom stereocenters. The van der Waals surface area contributed by atoms with Gasteiger partial charge in [0.15, 0.2) is 6.61 Å². The van der Waals surface area contributed by atoms with E-state index in [9.17, 15) is 14.0 Å². The summed E-state index contributed by atoms with van der Waals surface area (Å²) in [5.41, 5.74) is 2.40. The summed E-state index contributed by atoms with van der Waals surface area (Å²) in [6, 6.07) is 13.9. The average molecular weight is 484 g/mol. The summed E-state index contributed by atoms with van der Waals surface area (Å²) >= 11 is 1.43. The van der Waals surface area contributed by atoms with E-state index in [0.717, 1.165) is 22.0 Å². The van der Waals surface area contributed by atoms with E-state index in [1.165, 1.54) is 23.5 Å². The first-order valence-corrected chi connectivity index (χ1v) is 12.0. The average Bonchev–Trinajstić information content (AvgIpc) is 3.32. The Hall–Kier alpha value is -3.46. The molecule has 9 heteroatoms. The molecule has 7 nitrogen and oxygen atoms in total. The van der Waals surface area contributed by atoms with Crippen LogP contribution in [0.2, 0.25) is 0 Å². The zero-order valence-corrected chi connectivity index (χ0v) is 19.7. The van der Waals surface area contributed by atoms with Gasteiger partial charge in [0, 0.05) is 37.2 Å². The summed E-state index contributed by atoms with van der Waals surface area (Å²) in [5, 5.41) is 2.58. The normalized spacial score (nSPS) is 13.6. The van der Waals surface area contributed by atoms with Crippen LogP contribution in [0.5, 0.6) is 5.75 Å². The number of nitrogens with zero attached hydrogens (tertiary/aromatic N) is 3. The first-order chi connectivity index (χ1) is 16.5. The molecule has 1 aliphatic rings. The Balaban J connectivity index is 1.24. The number of para-hydroxylation sites is 1. The maximum absolute atomic E-state index is 13.1. The number of carbonyl (C=O) groups excluding carboxylic acids is 2. The highest BCUT2D eigenvalue weighted by Crippen LogP contribution is 2.32. The molecular formula is C25H26FN3O4S. The molecule has 0 unspecified atom stereocenters. The number of carbonyl (C=O) groups is 2. The third-order valence-electron chi connectivity index (χ3n) is 5.48. The van der Waals surface area contributed by atoms with Crippen LogP contribution in [0.15, 0.2) is 53.9 Å². The number of hydrogen-bond acceptors (Lipinski definition) is 7. The lowest BCUT2D eigenvalue weighted by Crippen LogP contribution is -2.50. The van der Waals surface area contributed by atoms with E-state index in [0.29, 0.717) is 38.5 Å². The van der Waals surface area contributed by atoms with Crippen molar-refractivity contribution in [2.24, 2.45) is 0 Å². The lowest BCUT2D eigenvalue weighted by Gasteiger charge is -2.36. The smallest absolute Gasteiger partial charge is 0.312 e. The number of halogens is 1. The second-order valence-electron chi connectivity index (χ2n) is 7.75. The van der Waals surface area contributed by atoms with E-state index in [4.69, 9.17) is 9.47 Å². The Kier molecular flexibility index (Phi) is 7.74. The Labute approximate surface area is 201 Å². The Bertz CT molecular complexity index is 1130. The molecule has 0 radical (unpaired) electrons. The molecule has 0 N–H and O–H groups in total. The molecule has 1 amide bonds. The van der Waals surface area contributed by atoms with Gasteiger partial charge in [0.05, 0.1) is 24.3 Å². The van der Waals surface area contributed by atoms with Crippen LogP contribution in [-0.2, 0) is 20.7 Å². The maximum atomic E-state index is 13.1. The summed E-state index contributed by atoms with van der Waals surface area (Å²) in [6.45, 7) is 4.49. The number of aromatic nitrogens is 1. The first-order valence-electron chi connectivity index (χ1n) is 11.1. The van der Waals surface area contributed by atoms with Gasteiger partial charge in [-0.15, -0.1) is 11.3 Å². The first kappa shape index (κ1) is 23.7. The van der Waals surface area contributed by atoms with Crippen molar-refractivity contribution in [2.45, 2.75) is 13.3 Å². The van der Waals surface area contributed by atoms with E-state index in [2.05, 4.69) is 9.88 Å². The third kappa shape index (κ3) is 5.91. The Morgan fingerprint density at radius 3 is 2.53 bits per heavy atom. The molecule has 2 aromatic carbocycles. The van der Waals surface area contributed by atoms with Crippen molar-refractivity contribution in [3.05, 3.63) is 65.4 Å². The molecule has 1 fully saturated rings. The van der Waals surface area contributed by atoms with E-state index in [-0.39, 0.29) is 24.8 Å². The molecule has 1 aliphatic heterocycles. The van der Waals surface area contributed by atoms with Gasteiger partial charge in [-0.2, -0.15) is 0 Å². The van der Waals surface area contributed by atoms with Gasteiger partial charge < -0.3 is 19.3 Å². The molecule has 1 aromatic heterocycles. The van der Waals surface area contributed by atoms with Crippen LogP contribution >= 0.6 is 11.3 Å². The van der Waals surface area contributed by atoms with Gasteiger partial charge >= 0.3 is 5.97 Å². The summed E-state index contributed by atoms with van der Waals surface area (Å²) in [4.78, 5) is 33.1. The maximum Gasteiger partial charge on any atom is 0.312 e. The fourth-order valence-corrected chi connectivity index (χ4v) is 4.58. The fraction of sp³-hybridized carbons (Fsp3) is 0.320. The van der Waals surface area contributed by atoms with E-state index < -0.39 is 5.97 Å². The lowest BCUT2D eigenvalue weighted by atomic mass is 10.2. The standard InChI is InChI=1S/C25H26FN3O4S/c1-2-32-22-6-4-3-5-21(22)25-27-19(17-34-25)15-24(31)33-16-23(30)29-13-11-28(12-14-29)20-9-7-18(26)8-10-20/h3-10,17H,2,11-16H2,1H3. The van der Waals surface area contributed by atoms with Gasteiger partial charge in [-0.25, -0.2) is 9.37 Å². The number of benzene rings is 2. The SMILES string of the molecule is CCOc1ccccc1-c1nc(CC(=O)OCC(=O)N2CCN(c3ccc(F)cc3)CC2)cs1. The molecule has 0 aliphatic carbocycles. The molecule has 3 aromatic rings. The van der Waals surface area contributed by atoms with Crippen molar-refractivity contribution in [2.75, 3.05) is 44.3 Å². The van der Waals surface area contributed by atoms with Crippen molar-refractivity contribution in [3.63, 3.8) is 0 Å². The van der Waals surface area contributed by atoms with Crippen LogP contribution in [0.3, 0.4) is 0 Å². The quantitative estimate of drug-likeness (QED) is 0.454. The third-order valence-corrected chi connectivity index (χ3v) is 6.40. The predicted molar refractivity (Wildman–Crippen MR) is 129 cm³/mol. The van der Waals surface area contributed by atoms with Crippen molar-refractivity contribution in [1.82, 2.24) is 9.88 Å². The molecule has 1 saturated heterocycles. The van der Waals surface area contributed by atoms with E-state index >= 15 is 0 Å². The minimum Gasteiger partial charge on any atom is -0.493 e. The number of rotatable bonds is 8. The molecule has 4 rings (SSSR count). The molecule has 0 saturated carbocycles. The minimum atomic E-state index is -0.492. The zero-order valence-electron chi connectivity index (χ0n) is 18.9. The zero-order chi connectivity index (χ0) is 23.9. The predicted octanol–water partition coefficient (Wildman–Crippen LogP) is 3.78. The fourth-order valence-electron chi connectivity index (χ4n) is 3.73. The summed E-state index contributed by atoms with van der Waals surface area (Å²) in [7, 11) is 0. The van der Waals surface area contributed by atoms with Gasteiger partial charge in [0.25, 0.3) is 5.91 Å². The number of amides is 1. The Morgan fingerprint density at radius 1 is 1.06 bits per heavy atom. The van der Waals surface area contributed by atoms with Gasteiger partial charge in [-0.05, 0) is 43.3 Å². The van der Waals surface area contributed by atoms with Gasteiger partial charge in [0.2, 0.25) is 0 Å². The van der Waals surface area contributed by atoms with Crippen LogP contribution in [0.25, 0.3) is 10.6 Å². The lowest BCUT2D eigenvalue weighted by molar-refractivity contribution is -0.151. The number of ether oxygens (including phenoxy) is 2. The van der Waals surface area contributed by atoms with Crippen molar-refractivity contribution < 1.29 is 23.5 Å². The number of piperazine rings is 1. The van der Waals surface area contributed by atoms with Gasteiger partial charge in [0.1, 0.15) is 16.6 Å². The second-order valence-corrected chi connectivity index (χ2v) is 8.61. The Morgan fingerprint density at radius 2 is 1.79 bits per heavy atom. The molecule has 0 spiro atoms. The molecule has 2 heterocycles. The highest BCUT2D eigenvalue weighted by molar-refractivity contribution is 7.13. The number of anilines is 1.